The minimum Gasteiger partial charge on any atom is -0.346 e. The molecule has 4 nitrogen and oxygen atoms in total. The summed E-state index contributed by atoms with van der Waals surface area (Å²) >= 11 is 0. The van der Waals surface area contributed by atoms with Crippen molar-refractivity contribution in [3.8, 4) is 0 Å². The van der Waals surface area contributed by atoms with Gasteiger partial charge in [0.25, 0.3) is 11.6 Å². The monoisotopic (exact) mass is 292 g/mol. The molecule has 2 aromatic rings. The van der Waals surface area contributed by atoms with Crippen LogP contribution in [0.2, 0.25) is 0 Å². The first-order chi connectivity index (χ1) is 10.7. The maximum absolute atomic E-state index is 13.1. The van der Waals surface area contributed by atoms with Gasteiger partial charge >= 0.3 is 0 Å². The van der Waals surface area contributed by atoms with Crippen molar-refractivity contribution >= 4 is 17.8 Å². The van der Waals surface area contributed by atoms with Gasteiger partial charge in [0.05, 0.1) is 5.70 Å². The predicted molar refractivity (Wildman–Crippen MR) is 86.7 cm³/mol. The highest BCUT2D eigenvalue weighted by atomic mass is 16.5. The van der Waals surface area contributed by atoms with Crippen LogP contribution in [0.1, 0.15) is 5.56 Å². The smallest absolute Gasteiger partial charge is 0.291 e. The highest BCUT2D eigenvalue weighted by Crippen LogP contribution is 2.35. The maximum Gasteiger partial charge on any atom is 0.291 e. The first kappa shape index (κ1) is 14.2. The topological polar surface area (TPSA) is 41.9 Å². The van der Waals surface area contributed by atoms with Gasteiger partial charge in [0.15, 0.2) is 0 Å². The lowest BCUT2D eigenvalue weighted by Crippen LogP contribution is -2.50. The Bertz CT molecular complexity index is 725. The quantitative estimate of drug-likeness (QED) is 0.872. The summed E-state index contributed by atoms with van der Waals surface area (Å²) in [5.41, 5.74) is 0.561. The molecular formula is C18H16N2O2. The van der Waals surface area contributed by atoms with Crippen molar-refractivity contribution in [2.45, 2.75) is 5.72 Å². The van der Waals surface area contributed by atoms with Crippen molar-refractivity contribution in [1.29, 1.82) is 0 Å². The van der Waals surface area contributed by atoms with Crippen molar-refractivity contribution in [2.75, 3.05) is 12.0 Å². The average molecular weight is 292 g/mol. The van der Waals surface area contributed by atoms with Gasteiger partial charge in [-0.05, 0) is 12.1 Å². The fourth-order valence-electron chi connectivity index (χ4n) is 2.54. The number of anilines is 1. The van der Waals surface area contributed by atoms with Gasteiger partial charge in [0.1, 0.15) is 0 Å². The summed E-state index contributed by atoms with van der Waals surface area (Å²) in [5.74, 6) is -0.278. The second-order valence-corrected chi connectivity index (χ2v) is 4.94. The lowest BCUT2D eigenvalue weighted by atomic mass is 9.99. The van der Waals surface area contributed by atoms with E-state index in [4.69, 9.17) is 4.74 Å². The van der Waals surface area contributed by atoms with Gasteiger partial charge < -0.3 is 4.74 Å². The lowest BCUT2D eigenvalue weighted by molar-refractivity contribution is -0.140. The van der Waals surface area contributed by atoms with Crippen LogP contribution < -0.4 is 4.90 Å². The van der Waals surface area contributed by atoms with Crippen LogP contribution in [0.3, 0.4) is 0 Å². The number of amides is 1. The molecule has 0 aliphatic carbocycles. The van der Waals surface area contributed by atoms with E-state index in [0.29, 0.717) is 11.3 Å². The Kier molecular flexibility index (Phi) is 3.61. The van der Waals surface area contributed by atoms with E-state index in [1.807, 2.05) is 60.7 Å². The van der Waals surface area contributed by atoms with Gasteiger partial charge in [-0.25, -0.2) is 4.99 Å². The molecule has 2 aromatic carbocycles. The number of nitrogens with zero attached hydrogens (tertiary/aromatic N) is 2. The van der Waals surface area contributed by atoms with Crippen LogP contribution in [0.15, 0.2) is 77.9 Å². The number of para-hydroxylation sites is 1. The number of carbonyl (C=O) groups is 1. The van der Waals surface area contributed by atoms with E-state index in [9.17, 15) is 4.79 Å². The standard InChI is InChI=1S/C18H16N2O2/c1-14-13-19-18(22-2,15-9-5-3-6-10-15)17(21)20(14)16-11-7-4-8-12-16/h3-13H,1H2,2H3. The zero-order valence-corrected chi connectivity index (χ0v) is 12.3. The summed E-state index contributed by atoms with van der Waals surface area (Å²) in [6, 6.07) is 18.6. The number of allylic oxidation sites excluding steroid dienone is 1. The Hall–Kier alpha value is -2.72. The molecule has 4 heteroatoms. The summed E-state index contributed by atoms with van der Waals surface area (Å²) in [5, 5.41) is 0. The molecule has 0 N–H and O–H groups in total. The number of hydrogen-bond donors (Lipinski definition) is 0. The molecule has 1 amide bonds. The second-order valence-electron chi connectivity index (χ2n) is 4.94. The first-order valence-corrected chi connectivity index (χ1v) is 6.93. The van der Waals surface area contributed by atoms with Crippen molar-refractivity contribution in [3.63, 3.8) is 0 Å². The number of aliphatic imine (C=N–C) groups is 1. The number of ether oxygens (including phenoxy) is 1. The number of methoxy groups -OCH3 is 1. The molecule has 3 rings (SSSR count). The summed E-state index contributed by atoms with van der Waals surface area (Å²) < 4.78 is 5.55. The summed E-state index contributed by atoms with van der Waals surface area (Å²) in [6.45, 7) is 3.92. The number of hydrogen-bond acceptors (Lipinski definition) is 3. The molecule has 0 saturated heterocycles. The summed E-state index contributed by atoms with van der Waals surface area (Å²) in [7, 11) is 1.49. The fourth-order valence-corrected chi connectivity index (χ4v) is 2.54. The fraction of sp³-hybridized carbons (Fsp3) is 0.111. The Balaban J connectivity index is 2.13. The first-order valence-electron chi connectivity index (χ1n) is 6.93. The van der Waals surface area contributed by atoms with Gasteiger partial charge in [-0.1, -0.05) is 55.1 Å². The van der Waals surface area contributed by atoms with Crippen molar-refractivity contribution in [3.05, 3.63) is 78.5 Å². The Labute approximate surface area is 129 Å². The van der Waals surface area contributed by atoms with E-state index in [1.54, 1.807) is 6.21 Å². The van der Waals surface area contributed by atoms with Crippen LogP contribution >= 0.6 is 0 Å². The minimum atomic E-state index is -1.38. The molecule has 22 heavy (non-hydrogen) atoms. The van der Waals surface area contributed by atoms with E-state index < -0.39 is 5.72 Å². The molecule has 1 aliphatic heterocycles. The number of rotatable bonds is 3. The van der Waals surface area contributed by atoms with Gasteiger partial charge in [-0.3, -0.25) is 9.69 Å². The van der Waals surface area contributed by atoms with Crippen LogP contribution in [0.5, 0.6) is 0 Å². The number of carbonyl (C=O) groups excluding carboxylic acids is 1. The van der Waals surface area contributed by atoms with Gasteiger partial charge in [-0.2, -0.15) is 0 Å². The summed E-state index contributed by atoms with van der Waals surface area (Å²) in [4.78, 5) is 19.0. The maximum atomic E-state index is 13.1. The zero-order valence-electron chi connectivity index (χ0n) is 12.3. The molecule has 0 spiro atoms. The van der Waals surface area contributed by atoms with Gasteiger partial charge in [-0.15, -0.1) is 0 Å². The predicted octanol–water partition coefficient (Wildman–Crippen LogP) is 3.12. The highest BCUT2D eigenvalue weighted by Gasteiger charge is 2.46. The van der Waals surface area contributed by atoms with E-state index in [0.717, 1.165) is 5.69 Å². The molecule has 0 aromatic heterocycles. The molecule has 0 saturated carbocycles. The molecule has 1 aliphatic rings. The largest absolute Gasteiger partial charge is 0.346 e. The molecule has 1 heterocycles. The molecule has 0 fully saturated rings. The molecule has 110 valence electrons. The normalized spacial score (nSPS) is 21.2. The zero-order chi connectivity index (χ0) is 15.6. The molecule has 1 atom stereocenters. The minimum absolute atomic E-state index is 0.278. The molecule has 0 radical (unpaired) electrons. The molecule has 0 bridgehead atoms. The average Bonchev–Trinajstić information content (AvgIpc) is 2.57. The van der Waals surface area contributed by atoms with Crippen molar-refractivity contribution in [1.82, 2.24) is 0 Å². The Morgan fingerprint density at radius 1 is 1.05 bits per heavy atom. The van der Waals surface area contributed by atoms with E-state index in [2.05, 4.69) is 11.6 Å². The van der Waals surface area contributed by atoms with Crippen LogP contribution in [0.4, 0.5) is 5.69 Å². The SMILES string of the molecule is C=C1C=NC(OC)(c2ccccc2)C(=O)N1c1ccccc1. The Morgan fingerprint density at radius 2 is 1.64 bits per heavy atom. The van der Waals surface area contributed by atoms with Crippen LogP contribution in [-0.2, 0) is 15.3 Å². The second kappa shape index (κ2) is 5.58. The lowest BCUT2D eigenvalue weighted by Gasteiger charge is -2.37. The molecular weight excluding hydrogens is 276 g/mol. The van der Waals surface area contributed by atoms with Crippen molar-refractivity contribution in [2.24, 2.45) is 4.99 Å². The van der Waals surface area contributed by atoms with Crippen LogP contribution in [-0.4, -0.2) is 19.2 Å². The third-order valence-corrected chi connectivity index (χ3v) is 3.65. The van der Waals surface area contributed by atoms with Gasteiger partial charge in [0.2, 0.25) is 0 Å². The van der Waals surface area contributed by atoms with Gasteiger partial charge in [0, 0.05) is 24.6 Å². The van der Waals surface area contributed by atoms with E-state index >= 15 is 0 Å². The third-order valence-electron chi connectivity index (χ3n) is 3.65. The van der Waals surface area contributed by atoms with Crippen molar-refractivity contribution < 1.29 is 9.53 Å². The van der Waals surface area contributed by atoms with Crippen LogP contribution in [0, 0.1) is 0 Å². The third kappa shape index (κ3) is 2.14. The highest BCUT2D eigenvalue weighted by molar-refractivity contribution is 6.11. The van der Waals surface area contributed by atoms with E-state index in [1.165, 1.54) is 12.0 Å². The van der Waals surface area contributed by atoms with E-state index in [-0.39, 0.29) is 5.91 Å². The Morgan fingerprint density at radius 3 is 2.23 bits per heavy atom. The summed E-state index contributed by atoms with van der Waals surface area (Å²) in [6.07, 6.45) is 1.57. The van der Waals surface area contributed by atoms with Crippen LogP contribution in [0.25, 0.3) is 0 Å². The number of benzene rings is 2. The molecule has 1 unspecified atom stereocenters.